The van der Waals surface area contributed by atoms with Gasteiger partial charge in [0, 0.05) is 29.2 Å². The van der Waals surface area contributed by atoms with Crippen LogP contribution in [-0.4, -0.2) is 23.8 Å². The van der Waals surface area contributed by atoms with E-state index in [1.54, 1.807) is 37.4 Å². The monoisotopic (exact) mass is 399 g/mol. The summed E-state index contributed by atoms with van der Waals surface area (Å²) in [6.45, 7) is 0. The first-order valence-electron chi connectivity index (χ1n) is 9.80. The third-order valence-electron chi connectivity index (χ3n) is 4.92. The fourth-order valence-electron chi connectivity index (χ4n) is 3.32. The summed E-state index contributed by atoms with van der Waals surface area (Å²) >= 11 is 0. The van der Waals surface area contributed by atoms with Gasteiger partial charge in [-0.15, -0.1) is 0 Å². The van der Waals surface area contributed by atoms with E-state index in [9.17, 15) is 9.59 Å². The molecule has 0 radical (unpaired) electrons. The molecule has 1 heterocycles. The minimum atomic E-state index is -0.356. The minimum Gasteiger partial charge on any atom is -0.497 e. The number of hydrogen-bond donors (Lipinski definition) is 0. The molecule has 0 fully saturated rings. The second kappa shape index (κ2) is 8.74. The van der Waals surface area contributed by atoms with Crippen molar-refractivity contribution in [3.63, 3.8) is 0 Å². The number of ketones is 1. The number of pyridine rings is 1. The van der Waals surface area contributed by atoms with Gasteiger partial charge in [0.2, 0.25) is 0 Å². The van der Waals surface area contributed by atoms with E-state index in [-0.39, 0.29) is 24.6 Å². The zero-order valence-corrected chi connectivity index (χ0v) is 16.6. The van der Waals surface area contributed by atoms with Gasteiger partial charge in [-0.25, -0.2) is 4.98 Å². The molecular formula is C25H21NO4. The fraction of sp³-hybridized carbons (Fsp3) is 0.160. The lowest BCUT2D eigenvalue weighted by atomic mass is 10.1. The summed E-state index contributed by atoms with van der Waals surface area (Å²) in [6.07, 6.45) is 0.897. The van der Waals surface area contributed by atoms with Gasteiger partial charge in [0.1, 0.15) is 11.5 Å². The van der Waals surface area contributed by atoms with E-state index in [1.165, 1.54) is 0 Å². The van der Waals surface area contributed by atoms with Gasteiger partial charge in [0.15, 0.2) is 5.78 Å². The van der Waals surface area contributed by atoms with Crippen LogP contribution in [0.4, 0.5) is 0 Å². The highest BCUT2D eigenvalue weighted by Gasteiger charge is 2.10. The van der Waals surface area contributed by atoms with Crippen LogP contribution in [0.3, 0.4) is 0 Å². The number of esters is 1. The van der Waals surface area contributed by atoms with Crippen LogP contribution < -0.4 is 9.47 Å². The summed E-state index contributed by atoms with van der Waals surface area (Å²) in [5.74, 6) is 0.819. The fourth-order valence-corrected chi connectivity index (χ4v) is 3.32. The smallest absolute Gasteiger partial charge is 0.311 e. The van der Waals surface area contributed by atoms with E-state index in [2.05, 4.69) is 4.98 Å². The van der Waals surface area contributed by atoms with Gasteiger partial charge in [-0.2, -0.15) is 0 Å². The number of Topliss-reactive ketones (excluding diaryl/α,β-unsaturated/α-hetero) is 1. The van der Waals surface area contributed by atoms with E-state index in [1.807, 2.05) is 42.5 Å². The number of carbonyl (C=O) groups is 2. The van der Waals surface area contributed by atoms with E-state index in [0.717, 1.165) is 21.8 Å². The molecule has 0 aliphatic heterocycles. The lowest BCUT2D eigenvalue weighted by Crippen LogP contribution is -2.09. The summed E-state index contributed by atoms with van der Waals surface area (Å²) in [6, 6.07) is 22.3. The first kappa shape index (κ1) is 19.6. The topological polar surface area (TPSA) is 65.5 Å². The van der Waals surface area contributed by atoms with Crippen molar-refractivity contribution in [3.05, 3.63) is 78.4 Å². The Morgan fingerprint density at radius 1 is 0.800 bits per heavy atom. The number of fused-ring (bicyclic) bond motifs is 2. The van der Waals surface area contributed by atoms with Crippen LogP contribution in [0.5, 0.6) is 11.5 Å². The summed E-state index contributed by atoms with van der Waals surface area (Å²) in [7, 11) is 1.58. The first-order chi connectivity index (χ1) is 14.6. The number of methoxy groups -OCH3 is 1. The van der Waals surface area contributed by atoms with Crippen molar-refractivity contribution in [1.29, 1.82) is 0 Å². The quantitative estimate of drug-likeness (QED) is 0.181. The summed E-state index contributed by atoms with van der Waals surface area (Å²) in [4.78, 5) is 29.1. The summed E-state index contributed by atoms with van der Waals surface area (Å²) in [5, 5.41) is 1.94. The van der Waals surface area contributed by atoms with Gasteiger partial charge in [0.05, 0.1) is 18.1 Å². The van der Waals surface area contributed by atoms with E-state index in [0.29, 0.717) is 23.5 Å². The maximum absolute atomic E-state index is 12.2. The van der Waals surface area contributed by atoms with Crippen molar-refractivity contribution < 1.29 is 19.1 Å². The molecule has 0 amide bonds. The van der Waals surface area contributed by atoms with Crippen LogP contribution in [0.15, 0.2) is 72.8 Å². The molecular weight excluding hydrogens is 378 g/mol. The number of carbonyl (C=O) groups excluding carboxylic acids is 2. The third-order valence-corrected chi connectivity index (χ3v) is 4.92. The Kier molecular flexibility index (Phi) is 5.70. The second-order valence-corrected chi connectivity index (χ2v) is 7.01. The van der Waals surface area contributed by atoms with Crippen molar-refractivity contribution in [2.75, 3.05) is 7.11 Å². The molecule has 0 aliphatic rings. The number of nitrogens with zero attached hydrogens (tertiary/aromatic N) is 1. The number of ether oxygens (including phenoxy) is 2. The molecule has 1 aromatic heterocycles. The molecule has 3 aromatic carbocycles. The zero-order valence-electron chi connectivity index (χ0n) is 16.6. The Morgan fingerprint density at radius 2 is 1.53 bits per heavy atom. The van der Waals surface area contributed by atoms with E-state index in [4.69, 9.17) is 9.47 Å². The average molecular weight is 399 g/mol. The Bertz CT molecular complexity index is 1210. The normalized spacial score (nSPS) is 10.8. The van der Waals surface area contributed by atoms with Gasteiger partial charge in [0.25, 0.3) is 0 Å². The maximum atomic E-state index is 12.2. The second-order valence-electron chi connectivity index (χ2n) is 7.01. The van der Waals surface area contributed by atoms with E-state index >= 15 is 0 Å². The van der Waals surface area contributed by atoms with Gasteiger partial charge < -0.3 is 9.47 Å². The molecule has 0 aliphatic carbocycles. The van der Waals surface area contributed by atoms with Crippen molar-refractivity contribution in [2.24, 2.45) is 0 Å². The molecule has 150 valence electrons. The van der Waals surface area contributed by atoms with Crippen LogP contribution >= 0.6 is 0 Å². The average Bonchev–Trinajstić information content (AvgIpc) is 2.77. The number of aromatic nitrogens is 1. The Balaban J connectivity index is 1.34. The third kappa shape index (κ3) is 4.46. The predicted molar refractivity (Wildman–Crippen MR) is 116 cm³/mol. The predicted octanol–water partition coefficient (Wildman–Crippen LogP) is 5.36. The molecule has 4 rings (SSSR count). The number of rotatable bonds is 7. The molecule has 5 heteroatoms. The Hall–Kier alpha value is -3.73. The largest absolute Gasteiger partial charge is 0.497 e. The highest BCUT2D eigenvalue weighted by atomic mass is 16.5. The summed E-state index contributed by atoms with van der Waals surface area (Å²) in [5.41, 5.74) is 2.38. The molecule has 5 nitrogen and oxygen atoms in total. The van der Waals surface area contributed by atoms with Gasteiger partial charge in [-0.3, -0.25) is 9.59 Å². The lowest BCUT2D eigenvalue weighted by Gasteiger charge is -2.07. The van der Waals surface area contributed by atoms with Crippen molar-refractivity contribution >= 4 is 33.6 Å². The summed E-state index contributed by atoms with van der Waals surface area (Å²) < 4.78 is 10.5. The Morgan fingerprint density at radius 3 is 2.33 bits per heavy atom. The van der Waals surface area contributed by atoms with Gasteiger partial charge in [-0.05, 0) is 61.0 Å². The first-order valence-corrected chi connectivity index (χ1v) is 9.80. The molecule has 0 saturated heterocycles. The minimum absolute atomic E-state index is 0.00545. The van der Waals surface area contributed by atoms with E-state index < -0.39 is 0 Å². The molecule has 4 aromatic rings. The number of hydrogen-bond acceptors (Lipinski definition) is 5. The maximum Gasteiger partial charge on any atom is 0.311 e. The Labute approximate surface area is 174 Å². The molecule has 0 atom stereocenters. The van der Waals surface area contributed by atoms with Crippen LogP contribution in [0.25, 0.3) is 21.8 Å². The number of benzene rings is 3. The highest BCUT2D eigenvalue weighted by molar-refractivity contribution is 5.96. The van der Waals surface area contributed by atoms with Crippen LogP contribution in [0.1, 0.15) is 29.6 Å². The standard InChI is InChI=1S/C25H21NO4/c1-29-20-11-9-17(10-12-20)24(27)7-4-8-25(28)30-21-13-14-23-19(16-21)15-18-5-2-3-6-22(18)26-23/h2-3,5-6,9-16H,4,7-8H2,1H3. The van der Waals surface area contributed by atoms with Crippen LogP contribution in [0, 0.1) is 0 Å². The SMILES string of the molecule is COc1ccc(C(=O)CCCC(=O)Oc2ccc3nc4ccccc4cc3c2)cc1. The molecule has 0 spiro atoms. The van der Waals surface area contributed by atoms with Gasteiger partial charge in [-0.1, -0.05) is 18.2 Å². The van der Waals surface area contributed by atoms with Gasteiger partial charge >= 0.3 is 5.97 Å². The zero-order chi connectivity index (χ0) is 20.9. The van der Waals surface area contributed by atoms with Crippen molar-refractivity contribution in [3.8, 4) is 11.5 Å². The van der Waals surface area contributed by atoms with Crippen LogP contribution in [0.2, 0.25) is 0 Å². The molecule has 30 heavy (non-hydrogen) atoms. The molecule has 0 saturated carbocycles. The highest BCUT2D eigenvalue weighted by Crippen LogP contribution is 2.24. The van der Waals surface area contributed by atoms with Crippen LogP contribution in [-0.2, 0) is 4.79 Å². The lowest BCUT2D eigenvalue weighted by molar-refractivity contribution is -0.134. The molecule has 0 unspecified atom stereocenters. The number of para-hydroxylation sites is 1. The molecule has 0 bridgehead atoms. The molecule has 0 N–H and O–H groups in total. The van der Waals surface area contributed by atoms with Crippen molar-refractivity contribution in [1.82, 2.24) is 4.98 Å². The van der Waals surface area contributed by atoms with Crippen molar-refractivity contribution in [2.45, 2.75) is 19.3 Å².